The topological polar surface area (TPSA) is 38.3 Å². The number of carbonyl (C=O) groups excluding carboxylic acids is 1. The lowest BCUT2D eigenvalue weighted by Crippen LogP contribution is -2.48. The smallest absolute Gasteiger partial charge is 0.257 e. The van der Waals surface area contributed by atoms with E-state index in [2.05, 4.69) is 5.32 Å². The average Bonchev–Trinajstić information content (AvgIpc) is 2.53. The maximum atomic E-state index is 13.5. The van der Waals surface area contributed by atoms with E-state index in [1.165, 1.54) is 7.11 Å². The van der Waals surface area contributed by atoms with Crippen molar-refractivity contribution >= 4 is 14.2 Å². The van der Waals surface area contributed by atoms with Gasteiger partial charge >= 0.3 is 0 Å². The highest BCUT2D eigenvalue weighted by atomic mass is 28.4. The summed E-state index contributed by atoms with van der Waals surface area (Å²) in [6, 6.07) is 1.24. The van der Waals surface area contributed by atoms with Gasteiger partial charge < -0.3 is 9.74 Å². The average molecular weight is 341 g/mol. The Morgan fingerprint density at radius 3 is 1.73 bits per heavy atom. The molecule has 124 valence electrons. The minimum Gasteiger partial charge on any atom is -0.418 e. The third-order valence-corrected chi connectivity index (χ3v) is 7.99. The Morgan fingerprint density at radius 2 is 1.36 bits per heavy atom. The van der Waals surface area contributed by atoms with E-state index in [0.29, 0.717) is 12.1 Å². The lowest BCUT2D eigenvalue weighted by atomic mass is 10.1. The van der Waals surface area contributed by atoms with E-state index in [4.69, 9.17) is 4.43 Å². The van der Waals surface area contributed by atoms with Gasteiger partial charge in [0.1, 0.15) is 5.56 Å². The van der Waals surface area contributed by atoms with Crippen LogP contribution in [0.15, 0.2) is 0 Å². The first-order chi connectivity index (χ1) is 10.2. The molecule has 0 unspecified atom stereocenters. The second-order valence-electron chi connectivity index (χ2n) is 4.72. The summed E-state index contributed by atoms with van der Waals surface area (Å²) in [4.78, 5) is 11.8. The summed E-state index contributed by atoms with van der Waals surface area (Å²) in [5, 5.41) is 2.21. The van der Waals surface area contributed by atoms with Crippen LogP contribution in [0.4, 0.5) is 22.0 Å². The zero-order valence-electron chi connectivity index (χ0n) is 12.3. The largest absolute Gasteiger partial charge is 0.418 e. The molecule has 0 spiro atoms. The van der Waals surface area contributed by atoms with Crippen LogP contribution in [0.5, 0.6) is 0 Å². The van der Waals surface area contributed by atoms with E-state index < -0.39 is 48.9 Å². The molecule has 0 aliphatic heterocycles. The molecule has 0 saturated heterocycles. The molecule has 0 aliphatic rings. The zero-order chi connectivity index (χ0) is 17.1. The van der Waals surface area contributed by atoms with Crippen molar-refractivity contribution in [3.8, 4) is 0 Å². The standard InChI is InChI=1S/C13H16F5NO2Si/c1-4-22(5-2,21-3)6-19-13(20)7-8(14)10(16)12(18)11(17)9(7)15/h4-6H2,1-3H3,(H,19,20). The fourth-order valence-electron chi connectivity index (χ4n) is 1.99. The van der Waals surface area contributed by atoms with Crippen LogP contribution in [0.2, 0.25) is 12.1 Å². The third kappa shape index (κ3) is 3.30. The SMILES string of the molecule is CC[Si](CC)(CNC(=O)c1c(F)c(F)c(F)c(F)c1F)OC. The van der Waals surface area contributed by atoms with Gasteiger partial charge in [0.15, 0.2) is 23.3 Å². The van der Waals surface area contributed by atoms with Gasteiger partial charge in [-0.3, -0.25) is 4.79 Å². The third-order valence-electron chi connectivity index (χ3n) is 3.73. The molecule has 0 fully saturated rings. The number of carbonyl (C=O) groups is 1. The molecule has 1 amide bonds. The predicted molar refractivity (Wildman–Crippen MR) is 72.3 cm³/mol. The highest BCUT2D eigenvalue weighted by Crippen LogP contribution is 2.23. The quantitative estimate of drug-likeness (QED) is 0.373. The molecular formula is C13H16F5NO2Si. The fourth-order valence-corrected chi connectivity index (χ4v) is 4.20. The summed E-state index contributed by atoms with van der Waals surface area (Å²) in [5.41, 5.74) is -1.48. The van der Waals surface area contributed by atoms with Crippen LogP contribution in [0.1, 0.15) is 24.2 Å². The van der Waals surface area contributed by atoms with Crippen LogP contribution in [0.3, 0.4) is 0 Å². The zero-order valence-corrected chi connectivity index (χ0v) is 13.3. The molecule has 1 rings (SSSR count). The van der Waals surface area contributed by atoms with Crippen LogP contribution < -0.4 is 5.32 Å². The Labute approximate surface area is 125 Å². The Bertz CT molecular complexity index is 541. The molecule has 0 aliphatic carbocycles. The molecule has 3 nitrogen and oxygen atoms in total. The van der Waals surface area contributed by atoms with Crippen LogP contribution in [0.25, 0.3) is 0 Å². The van der Waals surface area contributed by atoms with Crippen LogP contribution in [-0.4, -0.2) is 27.5 Å². The van der Waals surface area contributed by atoms with E-state index in [-0.39, 0.29) is 6.17 Å². The van der Waals surface area contributed by atoms with E-state index in [0.717, 1.165) is 0 Å². The van der Waals surface area contributed by atoms with Gasteiger partial charge in [-0.05, 0) is 12.1 Å². The highest BCUT2D eigenvalue weighted by Gasteiger charge is 2.33. The molecule has 0 radical (unpaired) electrons. The number of benzene rings is 1. The van der Waals surface area contributed by atoms with Crippen LogP contribution >= 0.6 is 0 Å². The van der Waals surface area contributed by atoms with Crippen molar-refractivity contribution < 1.29 is 31.2 Å². The van der Waals surface area contributed by atoms with Gasteiger partial charge in [0, 0.05) is 13.3 Å². The number of rotatable bonds is 6. The molecule has 0 atom stereocenters. The van der Waals surface area contributed by atoms with Crippen molar-refractivity contribution in [2.45, 2.75) is 25.9 Å². The molecule has 9 heteroatoms. The van der Waals surface area contributed by atoms with Gasteiger partial charge in [-0.25, -0.2) is 22.0 Å². The number of hydrogen-bond acceptors (Lipinski definition) is 2. The Hall–Kier alpha value is -1.48. The molecule has 0 bridgehead atoms. The molecule has 1 N–H and O–H groups in total. The molecule has 0 aromatic heterocycles. The maximum absolute atomic E-state index is 13.5. The van der Waals surface area contributed by atoms with Crippen molar-refractivity contribution in [2.75, 3.05) is 13.3 Å². The van der Waals surface area contributed by atoms with E-state index >= 15 is 0 Å². The molecule has 0 saturated carbocycles. The Kier molecular flexibility index (Phi) is 6.06. The van der Waals surface area contributed by atoms with Gasteiger partial charge in [-0.15, -0.1) is 0 Å². The first-order valence-electron chi connectivity index (χ1n) is 6.59. The van der Waals surface area contributed by atoms with Gasteiger partial charge in [-0.1, -0.05) is 13.8 Å². The van der Waals surface area contributed by atoms with Crippen molar-refractivity contribution in [3.05, 3.63) is 34.6 Å². The summed E-state index contributed by atoms with van der Waals surface area (Å²) in [7, 11) is -0.862. The van der Waals surface area contributed by atoms with Crippen LogP contribution in [-0.2, 0) is 4.43 Å². The van der Waals surface area contributed by atoms with Crippen molar-refractivity contribution in [2.24, 2.45) is 0 Å². The lowest BCUT2D eigenvalue weighted by molar-refractivity contribution is 0.0945. The second-order valence-corrected chi connectivity index (χ2v) is 9.26. The van der Waals surface area contributed by atoms with Gasteiger partial charge in [0.05, 0.1) is 0 Å². The monoisotopic (exact) mass is 341 g/mol. The predicted octanol–water partition coefficient (Wildman–Crippen LogP) is 3.28. The van der Waals surface area contributed by atoms with E-state index in [1.807, 2.05) is 13.8 Å². The van der Waals surface area contributed by atoms with Crippen molar-refractivity contribution in [1.82, 2.24) is 5.32 Å². The number of amides is 1. The molecule has 1 aromatic rings. The number of hydrogen-bond donors (Lipinski definition) is 1. The molecule has 22 heavy (non-hydrogen) atoms. The molecular weight excluding hydrogens is 325 g/mol. The number of nitrogens with one attached hydrogen (secondary N) is 1. The number of halogens is 5. The summed E-state index contributed by atoms with van der Waals surface area (Å²) in [6.45, 7) is 3.67. The summed E-state index contributed by atoms with van der Waals surface area (Å²) in [5.74, 6) is -12.2. The first kappa shape index (κ1) is 18.6. The molecule has 0 heterocycles. The second kappa shape index (κ2) is 7.19. The summed E-state index contributed by atoms with van der Waals surface area (Å²) in [6.07, 6.45) is 0.00876. The molecule has 1 aromatic carbocycles. The Morgan fingerprint density at radius 1 is 0.955 bits per heavy atom. The van der Waals surface area contributed by atoms with Gasteiger partial charge in [-0.2, -0.15) is 0 Å². The first-order valence-corrected chi connectivity index (χ1v) is 9.12. The van der Waals surface area contributed by atoms with E-state index in [9.17, 15) is 26.7 Å². The Balaban J connectivity index is 3.10. The maximum Gasteiger partial charge on any atom is 0.257 e. The van der Waals surface area contributed by atoms with Crippen molar-refractivity contribution in [1.29, 1.82) is 0 Å². The summed E-state index contributed by atoms with van der Waals surface area (Å²) < 4.78 is 71.5. The fraction of sp³-hybridized carbons (Fsp3) is 0.462. The van der Waals surface area contributed by atoms with Gasteiger partial charge in [0.2, 0.25) is 14.1 Å². The minimum absolute atomic E-state index is 0.00876. The highest BCUT2D eigenvalue weighted by molar-refractivity contribution is 6.74. The van der Waals surface area contributed by atoms with Crippen molar-refractivity contribution in [3.63, 3.8) is 0 Å². The normalized spacial score (nSPS) is 11.6. The summed E-state index contributed by atoms with van der Waals surface area (Å²) >= 11 is 0. The van der Waals surface area contributed by atoms with Gasteiger partial charge in [0.25, 0.3) is 5.91 Å². The van der Waals surface area contributed by atoms with E-state index in [1.54, 1.807) is 0 Å². The van der Waals surface area contributed by atoms with Crippen LogP contribution in [0, 0.1) is 29.1 Å². The minimum atomic E-state index is -2.32. The lowest BCUT2D eigenvalue weighted by Gasteiger charge is -2.27.